The molecule has 0 nitrogen and oxygen atoms in total. The summed E-state index contributed by atoms with van der Waals surface area (Å²) in [6.45, 7) is 20.8. The molecule has 0 amide bonds. The number of halogens is 1. The molecule has 1 rings (SSSR count). The molecule has 0 spiro atoms. The van der Waals surface area contributed by atoms with Crippen molar-refractivity contribution >= 4 is 22.6 Å². The van der Waals surface area contributed by atoms with Crippen LogP contribution in [0.5, 0.6) is 0 Å². The molecule has 1 aromatic carbocycles. The Morgan fingerprint density at radius 1 is 0.632 bits per heavy atom. The van der Waals surface area contributed by atoms with Crippen molar-refractivity contribution in [1.29, 1.82) is 0 Å². The highest BCUT2D eigenvalue weighted by Gasteiger charge is 2.27. The molecule has 19 heavy (non-hydrogen) atoms. The Bertz CT molecular complexity index is 427. The number of hydrogen-bond donors (Lipinski definition) is 0. The Kier molecular flexibility index (Phi) is 4.52. The Morgan fingerprint density at radius 2 is 0.947 bits per heavy atom. The molecule has 0 saturated carbocycles. The van der Waals surface area contributed by atoms with E-state index >= 15 is 0 Å². The lowest BCUT2D eigenvalue weighted by Crippen LogP contribution is -2.23. The fraction of sp³-hybridized carbons (Fsp3) is 0.667. The van der Waals surface area contributed by atoms with Crippen molar-refractivity contribution in [3.63, 3.8) is 0 Å². The van der Waals surface area contributed by atoms with Crippen LogP contribution in [0, 0.1) is 3.57 Å². The standard InChI is InChI=1S/C18H29I/c1-16(2,3)12-10-13(17(4,5)6)15(19)14(11-12)18(7,8)9/h10-11H,1-9H3. The summed E-state index contributed by atoms with van der Waals surface area (Å²) in [5, 5.41) is 0. The van der Waals surface area contributed by atoms with Gasteiger partial charge in [-0.25, -0.2) is 0 Å². The molecular formula is C18H29I. The molecule has 0 saturated heterocycles. The van der Waals surface area contributed by atoms with Gasteiger partial charge < -0.3 is 0 Å². The second-order valence-corrected chi connectivity index (χ2v) is 9.71. The molecule has 1 heteroatoms. The molecule has 1 aromatic rings. The maximum absolute atomic E-state index is 2.54. The molecule has 108 valence electrons. The molecule has 0 atom stereocenters. The summed E-state index contributed by atoms with van der Waals surface area (Å²) in [6, 6.07) is 4.83. The topological polar surface area (TPSA) is 0 Å². The zero-order valence-corrected chi connectivity index (χ0v) is 16.2. The minimum absolute atomic E-state index is 0.192. The molecule has 0 aliphatic rings. The highest BCUT2D eigenvalue weighted by atomic mass is 127. The van der Waals surface area contributed by atoms with Gasteiger partial charge in [-0.05, 0) is 55.5 Å². The van der Waals surface area contributed by atoms with Crippen molar-refractivity contribution in [3.05, 3.63) is 32.4 Å². The Hall–Kier alpha value is -0.0500. The van der Waals surface area contributed by atoms with Crippen molar-refractivity contribution in [2.24, 2.45) is 0 Å². The van der Waals surface area contributed by atoms with Crippen molar-refractivity contribution in [1.82, 2.24) is 0 Å². The second-order valence-electron chi connectivity index (χ2n) is 8.64. The third-order valence-electron chi connectivity index (χ3n) is 3.55. The van der Waals surface area contributed by atoms with E-state index in [-0.39, 0.29) is 16.2 Å². The average molecular weight is 372 g/mol. The zero-order chi connectivity index (χ0) is 15.2. The van der Waals surface area contributed by atoms with Gasteiger partial charge >= 0.3 is 0 Å². The molecule has 0 heterocycles. The van der Waals surface area contributed by atoms with Crippen molar-refractivity contribution in [3.8, 4) is 0 Å². The average Bonchev–Trinajstić information content (AvgIpc) is 2.11. The fourth-order valence-corrected chi connectivity index (χ4v) is 4.08. The Morgan fingerprint density at radius 3 is 1.16 bits per heavy atom. The van der Waals surface area contributed by atoms with E-state index in [9.17, 15) is 0 Å². The van der Waals surface area contributed by atoms with Gasteiger partial charge in [0, 0.05) is 3.57 Å². The van der Waals surface area contributed by atoms with Crippen LogP contribution < -0.4 is 0 Å². The van der Waals surface area contributed by atoms with E-state index in [1.165, 1.54) is 20.3 Å². The maximum Gasteiger partial charge on any atom is 0.0205 e. The molecule has 0 radical (unpaired) electrons. The quantitative estimate of drug-likeness (QED) is 0.477. The molecule has 0 unspecified atom stereocenters. The normalized spacial score (nSPS) is 13.8. The molecule has 0 N–H and O–H groups in total. The Balaban J connectivity index is 3.68. The van der Waals surface area contributed by atoms with Crippen LogP contribution in [-0.2, 0) is 16.2 Å². The lowest BCUT2D eigenvalue weighted by Gasteiger charge is -2.31. The first-order valence-corrected chi connectivity index (χ1v) is 8.17. The van der Waals surface area contributed by atoms with E-state index in [4.69, 9.17) is 0 Å². The van der Waals surface area contributed by atoms with Crippen LogP contribution >= 0.6 is 22.6 Å². The molecule has 0 aromatic heterocycles. The van der Waals surface area contributed by atoms with Gasteiger partial charge in [-0.15, -0.1) is 0 Å². The van der Waals surface area contributed by atoms with E-state index in [0.29, 0.717) is 0 Å². The summed E-state index contributed by atoms with van der Waals surface area (Å²) in [4.78, 5) is 0. The molecular weight excluding hydrogens is 343 g/mol. The van der Waals surface area contributed by atoms with Gasteiger partial charge in [0.05, 0.1) is 0 Å². The van der Waals surface area contributed by atoms with Crippen LogP contribution in [0.4, 0.5) is 0 Å². The SMILES string of the molecule is CC(C)(C)c1cc(C(C)(C)C)c(I)c(C(C)(C)C)c1. The van der Waals surface area contributed by atoms with Gasteiger partial charge in [-0.1, -0.05) is 74.4 Å². The summed E-state index contributed by atoms with van der Waals surface area (Å²) >= 11 is 2.54. The van der Waals surface area contributed by atoms with Crippen molar-refractivity contribution in [2.75, 3.05) is 0 Å². The predicted octanol–water partition coefficient (Wildman–Crippen LogP) is 6.18. The van der Waals surface area contributed by atoms with Crippen LogP contribution in [0.15, 0.2) is 12.1 Å². The van der Waals surface area contributed by atoms with E-state index in [2.05, 4.69) is 97.0 Å². The third kappa shape index (κ3) is 3.96. The highest BCUT2D eigenvalue weighted by molar-refractivity contribution is 14.1. The largest absolute Gasteiger partial charge is 0.0561 e. The monoisotopic (exact) mass is 372 g/mol. The van der Waals surface area contributed by atoms with Gasteiger partial charge in [-0.2, -0.15) is 0 Å². The predicted molar refractivity (Wildman–Crippen MR) is 95.3 cm³/mol. The number of hydrogen-bond acceptors (Lipinski definition) is 0. The first-order valence-electron chi connectivity index (χ1n) is 7.09. The van der Waals surface area contributed by atoms with Crippen LogP contribution in [0.3, 0.4) is 0 Å². The first kappa shape index (κ1) is 17.0. The molecule has 0 bridgehead atoms. The van der Waals surface area contributed by atoms with Gasteiger partial charge in [0.25, 0.3) is 0 Å². The van der Waals surface area contributed by atoms with Crippen LogP contribution in [0.1, 0.15) is 79.0 Å². The summed E-state index contributed by atoms with van der Waals surface area (Å²) in [7, 11) is 0. The van der Waals surface area contributed by atoms with Gasteiger partial charge in [0.15, 0.2) is 0 Å². The molecule has 0 aliphatic heterocycles. The van der Waals surface area contributed by atoms with Crippen molar-refractivity contribution < 1.29 is 0 Å². The zero-order valence-electron chi connectivity index (χ0n) is 14.0. The van der Waals surface area contributed by atoms with Gasteiger partial charge in [-0.3, -0.25) is 0 Å². The highest BCUT2D eigenvalue weighted by Crippen LogP contribution is 2.38. The molecule has 0 aliphatic carbocycles. The summed E-state index contributed by atoms with van der Waals surface area (Å²) in [5.74, 6) is 0. The summed E-state index contributed by atoms with van der Waals surface area (Å²) in [6.07, 6.45) is 0. The lowest BCUT2D eigenvalue weighted by atomic mass is 9.75. The van der Waals surface area contributed by atoms with E-state index in [1.54, 1.807) is 0 Å². The van der Waals surface area contributed by atoms with E-state index in [0.717, 1.165) is 0 Å². The maximum atomic E-state index is 2.54. The minimum Gasteiger partial charge on any atom is -0.0561 e. The minimum atomic E-state index is 0.192. The molecule has 0 fully saturated rings. The fourth-order valence-electron chi connectivity index (χ4n) is 2.15. The number of rotatable bonds is 0. The van der Waals surface area contributed by atoms with Gasteiger partial charge in [0.1, 0.15) is 0 Å². The number of benzene rings is 1. The summed E-state index contributed by atoms with van der Waals surface area (Å²) < 4.78 is 1.44. The van der Waals surface area contributed by atoms with Crippen molar-refractivity contribution in [2.45, 2.75) is 78.6 Å². The van der Waals surface area contributed by atoms with Crippen LogP contribution in [-0.4, -0.2) is 0 Å². The van der Waals surface area contributed by atoms with E-state index < -0.39 is 0 Å². The lowest BCUT2D eigenvalue weighted by molar-refractivity contribution is 0.543. The smallest absolute Gasteiger partial charge is 0.0205 e. The summed E-state index contributed by atoms with van der Waals surface area (Å²) in [5.41, 5.74) is 4.98. The van der Waals surface area contributed by atoms with Crippen LogP contribution in [0.25, 0.3) is 0 Å². The van der Waals surface area contributed by atoms with Crippen LogP contribution in [0.2, 0.25) is 0 Å². The first-order chi connectivity index (χ1) is 8.24. The Labute approximate surface area is 133 Å². The third-order valence-corrected chi connectivity index (χ3v) is 4.72. The van der Waals surface area contributed by atoms with E-state index in [1.807, 2.05) is 0 Å². The second kappa shape index (κ2) is 5.05. The van der Waals surface area contributed by atoms with Gasteiger partial charge in [0.2, 0.25) is 0 Å².